The van der Waals surface area contributed by atoms with Crippen molar-refractivity contribution in [3.05, 3.63) is 6.08 Å². The highest BCUT2D eigenvalue weighted by Crippen LogP contribution is 2.02. The standard InChI is InChI=1S/C8H14FN5/c1-2-3-4-5-11-8-13-6(9)12-7(10)14-8/h2-5H2,1H3,(H3,10,11,12,13,14). The van der Waals surface area contributed by atoms with E-state index >= 15 is 0 Å². The summed E-state index contributed by atoms with van der Waals surface area (Å²) in [6, 6.07) is 0. The first kappa shape index (κ1) is 10.6. The van der Waals surface area contributed by atoms with Crippen molar-refractivity contribution in [1.82, 2.24) is 15.0 Å². The Bertz CT molecular complexity index is 271. The van der Waals surface area contributed by atoms with E-state index in [1.165, 1.54) is 0 Å². The van der Waals surface area contributed by atoms with Crippen molar-refractivity contribution in [1.29, 1.82) is 0 Å². The first-order chi connectivity index (χ1) is 6.72. The van der Waals surface area contributed by atoms with Gasteiger partial charge in [0.25, 0.3) is 0 Å². The molecule has 6 heteroatoms. The van der Waals surface area contributed by atoms with E-state index in [4.69, 9.17) is 5.73 Å². The van der Waals surface area contributed by atoms with Crippen LogP contribution < -0.4 is 11.1 Å². The summed E-state index contributed by atoms with van der Waals surface area (Å²) >= 11 is 0. The third-order valence-corrected chi connectivity index (χ3v) is 1.69. The fourth-order valence-corrected chi connectivity index (χ4v) is 1.02. The molecular formula is C8H14FN5. The number of hydrogen-bond acceptors (Lipinski definition) is 5. The van der Waals surface area contributed by atoms with Crippen LogP contribution >= 0.6 is 0 Å². The third-order valence-electron chi connectivity index (χ3n) is 1.69. The molecule has 0 aliphatic carbocycles. The average Bonchev–Trinajstić information content (AvgIpc) is 2.11. The average molecular weight is 199 g/mol. The van der Waals surface area contributed by atoms with Gasteiger partial charge >= 0.3 is 6.08 Å². The highest BCUT2D eigenvalue weighted by molar-refractivity contribution is 5.28. The van der Waals surface area contributed by atoms with Gasteiger partial charge in [-0.05, 0) is 6.42 Å². The van der Waals surface area contributed by atoms with Gasteiger partial charge in [0.05, 0.1) is 0 Å². The number of nitrogen functional groups attached to an aromatic ring is 1. The lowest BCUT2D eigenvalue weighted by Crippen LogP contribution is -2.09. The van der Waals surface area contributed by atoms with Crippen LogP contribution in [0.2, 0.25) is 0 Å². The molecule has 0 aliphatic rings. The number of rotatable bonds is 5. The Morgan fingerprint density at radius 1 is 1.29 bits per heavy atom. The molecule has 0 fully saturated rings. The number of nitrogens with two attached hydrogens (primary N) is 1. The first-order valence-corrected chi connectivity index (χ1v) is 4.63. The molecule has 0 radical (unpaired) electrons. The minimum Gasteiger partial charge on any atom is -0.368 e. The van der Waals surface area contributed by atoms with Crippen molar-refractivity contribution in [2.75, 3.05) is 17.6 Å². The number of halogens is 1. The minimum absolute atomic E-state index is 0.101. The molecule has 0 bridgehead atoms. The number of aromatic nitrogens is 3. The zero-order valence-corrected chi connectivity index (χ0v) is 8.13. The highest BCUT2D eigenvalue weighted by Gasteiger charge is 2.01. The second-order valence-corrected chi connectivity index (χ2v) is 2.92. The number of nitrogens with one attached hydrogen (secondary N) is 1. The van der Waals surface area contributed by atoms with Crippen LogP contribution in [0.4, 0.5) is 16.3 Å². The van der Waals surface area contributed by atoms with Crippen molar-refractivity contribution in [2.24, 2.45) is 0 Å². The normalized spacial score (nSPS) is 10.1. The van der Waals surface area contributed by atoms with Crippen molar-refractivity contribution < 1.29 is 4.39 Å². The van der Waals surface area contributed by atoms with Gasteiger partial charge < -0.3 is 11.1 Å². The van der Waals surface area contributed by atoms with Gasteiger partial charge in [0, 0.05) is 6.54 Å². The zero-order valence-electron chi connectivity index (χ0n) is 8.13. The Balaban J connectivity index is 2.42. The van der Waals surface area contributed by atoms with Gasteiger partial charge in [-0.2, -0.15) is 19.3 Å². The van der Waals surface area contributed by atoms with Crippen LogP contribution in [-0.4, -0.2) is 21.5 Å². The number of anilines is 2. The molecule has 0 aliphatic heterocycles. The Kier molecular flexibility index (Phi) is 4.03. The van der Waals surface area contributed by atoms with Crippen LogP contribution in [-0.2, 0) is 0 Å². The fraction of sp³-hybridized carbons (Fsp3) is 0.625. The SMILES string of the molecule is CCCCCNc1nc(N)nc(F)n1. The second-order valence-electron chi connectivity index (χ2n) is 2.92. The summed E-state index contributed by atoms with van der Waals surface area (Å²) in [6.45, 7) is 2.83. The topological polar surface area (TPSA) is 76.7 Å². The maximum absolute atomic E-state index is 12.6. The Morgan fingerprint density at radius 3 is 2.71 bits per heavy atom. The summed E-state index contributed by atoms with van der Waals surface area (Å²) in [7, 11) is 0. The summed E-state index contributed by atoms with van der Waals surface area (Å²) < 4.78 is 12.6. The van der Waals surface area contributed by atoms with E-state index in [1.807, 2.05) is 0 Å². The maximum Gasteiger partial charge on any atom is 0.315 e. The van der Waals surface area contributed by atoms with Gasteiger partial charge in [0.15, 0.2) is 0 Å². The van der Waals surface area contributed by atoms with Crippen LogP contribution in [0.25, 0.3) is 0 Å². The summed E-state index contributed by atoms with van der Waals surface area (Å²) in [4.78, 5) is 10.4. The molecule has 5 nitrogen and oxygen atoms in total. The predicted molar refractivity (Wildman–Crippen MR) is 52.2 cm³/mol. The van der Waals surface area contributed by atoms with E-state index < -0.39 is 6.08 Å². The second kappa shape index (κ2) is 5.31. The molecule has 0 atom stereocenters. The number of unbranched alkanes of at least 4 members (excludes halogenated alkanes) is 2. The van der Waals surface area contributed by atoms with Gasteiger partial charge in [-0.1, -0.05) is 19.8 Å². The molecule has 0 saturated carbocycles. The zero-order chi connectivity index (χ0) is 10.4. The van der Waals surface area contributed by atoms with E-state index in [9.17, 15) is 4.39 Å². The molecule has 0 unspecified atom stereocenters. The van der Waals surface area contributed by atoms with Crippen LogP contribution in [0.1, 0.15) is 26.2 Å². The van der Waals surface area contributed by atoms with E-state index in [-0.39, 0.29) is 11.9 Å². The quantitative estimate of drug-likeness (QED) is 0.697. The minimum atomic E-state index is -0.851. The van der Waals surface area contributed by atoms with Crippen molar-refractivity contribution in [2.45, 2.75) is 26.2 Å². The van der Waals surface area contributed by atoms with Crippen LogP contribution in [0.15, 0.2) is 0 Å². The molecule has 0 saturated heterocycles. The number of nitrogens with zero attached hydrogens (tertiary/aromatic N) is 3. The molecule has 0 amide bonds. The van der Waals surface area contributed by atoms with Crippen molar-refractivity contribution >= 4 is 11.9 Å². The molecule has 0 aromatic carbocycles. The van der Waals surface area contributed by atoms with Gasteiger partial charge in [0.1, 0.15) is 0 Å². The first-order valence-electron chi connectivity index (χ1n) is 4.63. The van der Waals surface area contributed by atoms with Gasteiger partial charge in [-0.3, -0.25) is 0 Å². The lowest BCUT2D eigenvalue weighted by atomic mass is 10.2. The third kappa shape index (κ3) is 3.51. The summed E-state index contributed by atoms with van der Waals surface area (Å²) in [5.41, 5.74) is 5.25. The van der Waals surface area contributed by atoms with Crippen LogP contribution in [0.5, 0.6) is 0 Å². The summed E-state index contributed by atoms with van der Waals surface area (Å²) in [5.74, 6) is 0.0987. The molecule has 14 heavy (non-hydrogen) atoms. The number of hydrogen-bond donors (Lipinski definition) is 2. The van der Waals surface area contributed by atoms with Crippen molar-refractivity contribution in [3.63, 3.8) is 0 Å². The van der Waals surface area contributed by atoms with Gasteiger partial charge in [-0.25, -0.2) is 0 Å². The highest BCUT2D eigenvalue weighted by atomic mass is 19.1. The molecule has 0 spiro atoms. The predicted octanol–water partition coefficient (Wildman–Crippen LogP) is 1.19. The van der Waals surface area contributed by atoms with Crippen molar-refractivity contribution in [3.8, 4) is 0 Å². The largest absolute Gasteiger partial charge is 0.368 e. The maximum atomic E-state index is 12.6. The van der Waals surface area contributed by atoms with E-state index in [0.29, 0.717) is 0 Å². The van der Waals surface area contributed by atoms with E-state index in [0.717, 1.165) is 25.8 Å². The van der Waals surface area contributed by atoms with Crippen LogP contribution in [0.3, 0.4) is 0 Å². The smallest absolute Gasteiger partial charge is 0.315 e. The molecule has 3 N–H and O–H groups in total. The Morgan fingerprint density at radius 2 is 2.07 bits per heavy atom. The molecule has 1 aromatic heterocycles. The molecule has 1 rings (SSSR count). The van der Waals surface area contributed by atoms with E-state index in [1.54, 1.807) is 0 Å². The Labute approximate surface area is 82.0 Å². The Hall–Kier alpha value is -1.46. The fourth-order valence-electron chi connectivity index (χ4n) is 1.02. The molecule has 1 aromatic rings. The van der Waals surface area contributed by atoms with Crippen LogP contribution in [0, 0.1) is 6.08 Å². The lowest BCUT2D eigenvalue weighted by molar-refractivity contribution is 0.536. The molecular weight excluding hydrogens is 185 g/mol. The molecule has 78 valence electrons. The summed E-state index contributed by atoms with van der Waals surface area (Å²) in [6.07, 6.45) is 2.41. The van der Waals surface area contributed by atoms with Gasteiger partial charge in [0.2, 0.25) is 11.9 Å². The molecule has 1 heterocycles. The lowest BCUT2D eigenvalue weighted by Gasteiger charge is -2.03. The summed E-state index contributed by atoms with van der Waals surface area (Å²) in [5, 5.41) is 2.88. The van der Waals surface area contributed by atoms with E-state index in [2.05, 4.69) is 27.2 Å². The monoisotopic (exact) mass is 199 g/mol. The van der Waals surface area contributed by atoms with Gasteiger partial charge in [-0.15, -0.1) is 0 Å².